The van der Waals surface area contributed by atoms with E-state index in [1.54, 1.807) is 0 Å². The fourth-order valence-corrected chi connectivity index (χ4v) is 2.22. The Morgan fingerprint density at radius 2 is 2.11 bits per heavy atom. The topological polar surface area (TPSA) is 81.5 Å². The van der Waals surface area contributed by atoms with E-state index in [9.17, 15) is 14.9 Å². The number of amides is 1. The average molecular weight is 285 g/mol. The van der Waals surface area contributed by atoms with E-state index in [1.165, 1.54) is 18.2 Å². The highest BCUT2D eigenvalue weighted by Gasteiger charge is 2.22. The summed E-state index contributed by atoms with van der Waals surface area (Å²) < 4.78 is 5.19. The van der Waals surface area contributed by atoms with Crippen LogP contribution in [0.25, 0.3) is 0 Å². The van der Waals surface area contributed by atoms with Gasteiger partial charge in [-0.3, -0.25) is 14.9 Å². The van der Waals surface area contributed by atoms with E-state index < -0.39 is 4.92 Å². The van der Waals surface area contributed by atoms with Crippen LogP contribution in [0.2, 0.25) is 5.02 Å². The molecule has 1 saturated heterocycles. The molecule has 0 atom stereocenters. The number of benzene rings is 1. The van der Waals surface area contributed by atoms with Crippen LogP contribution in [0.5, 0.6) is 0 Å². The normalized spacial score (nSPS) is 16.1. The van der Waals surface area contributed by atoms with E-state index in [0.717, 1.165) is 12.8 Å². The summed E-state index contributed by atoms with van der Waals surface area (Å²) in [6.45, 7) is 1.21. The van der Waals surface area contributed by atoms with Crippen LogP contribution in [-0.2, 0) is 4.74 Å². The molecule has 1 aliphatic rings. The number of carbonyl (C=O) groups is 1. The summed E-state index contributed by atoms with van der Waals surface area (Å²) in [6.07, 6.45) is 1.47. The number of nitro groups is 1. The lowest BCUT2D eigenvalue weighted by molar-refractivity contribution is -0.384. The van der Waals surface area contributed by atoms with Crippen LogP contribution in [-0.4, -0.2) is 30.1 Å². The lowest BCUT2D eigenvalue weighted by Gasteiger charge is -2.23. The number of nitrogens with one attached hydrogen (secondary N) is 1. The number of halogens is 1. The van der Waals surface area contributed by atoms with Gasteiger partial charge in [0.2, 0.25) is 0 Å². The number of rotatable bonds is 3. The van der Waals surface area contributed by atoms with Gasteiger partial charge in [0.25, 0.3) is 11.6 Å². The van der Waals surface area contributed by atoms with Crippen molar-refractivity contribution in [3.63, 3.8) is 0 Å². The first kappa shape index (κ1) is 13.8. The maximum absolute atomic E-state index is 12.0. The van der Waals surface area contributed by atoms with E-state index in [4.69, 9.17) is 16.3 Å². The highest BCUT2D eigenvalue weighted by Crippen LogP contribution is 2.27. The van der Waals surface area contributed by atoms with Crippen LogP contribution in [0.1, 0.15) is 23.2 Å². The van der Waals surface area contributed by atoms with Crippen LogP contribution in [0.15, 0.2) is 18.2 Å². The molecule has 0 bridgehead atoms. The number of carbonyl (C=O) groups excluding carboxylic acids is 1. The average Bonchev–Trinajstić information content (AvgIpc) is 2.39. The number of hydrogen-bond donors (Lipinski definition) is 1. The van der Waals surface area contributed by atoms with E-state index in [2.05, 4.69) is 5.32 Å². The van der Waals surface area contributed by atoms with E-state index in [-0.39, 0.29) is 28.2 Å². The van der Waals surface area contributed by atoms with Crippen molar-refractivity contribution in [1.29, 1.82) is 0 Å². The number of nitro benzene ring substituents is 1. The smallest absolute Gasteiger partial charge is 0.288 e. The van der Waals surface area contributed by atoms with E-state index in [1.807, 2.05) is 0 Å². The van der Waals surface area contributed by atoms with Gasteiger partial charge in [-0.15, -0.1) is 0 Å². The van der Waals surface area contributed by atoms with Gasteiger partial charge in [-0.25, -0.2) is 0 Å². The minimum atomic E-state index is -0.604. The third kappa shape index (κ3) is 3.21. The van der Waals surface area contributed by atoms with Crippen molar-refractivity contribution in [3.8, 4) is 0 Å². The molecule has 19 heavy (non-hydrogen) atoms. The fraction of sp³-hybridized carbons (Fsp3) is 0.417. The van der Waals surface area contributed by atoms with Crippen molar-refractivity contribution in [2.24, 2.45) is 0 Å². The van der Waals surface area contributed by atoms with Gasteiger partial charge in [-0.05, 0) is 18.9 Å². The number of nitrogens with zero attached hydrogens (tertiary/aromatic N) is 1. The minimum absolute atomic E-state index is 0.0246. The zero-order valence-electron chi connectivity index (χ0n) is 10.1. The molecule has 2 rings (SSSR count). The molecule has 1 aliphatic heterocycles. The molecule has 0 saturated carbocycles. The highest BCUT2D eigenvalue weighted by molar-refractivity contribution is 6.35. The van der Waals surface area contributed by atoms with Gasteiger partial charge in [0.1, 0.15) is 5.02 Å². The number of ether oxygens (including phenoxy) is 1. The molecule has 1 fully saturated rings. The summed E-state index contributed by atoms with van der Waals surface area (Å²) >= 11 is 5.89. The summed E-state index contributed by atoms with van der Waals surface area (Å²) in [4.78, 5) is 22.2. The molecule has 6 nitrogen and oxygen atoms in total. The molecule has 0 aliphatic carbocycles. The van der Waals surface area contributed by atoms with Gasteiger partial charge in [-0.1, -0.05) is 17.7 Å². The molecular weight excluding hydrogens is 272 g/mol. The Hall–Kier alpha value is -1.66. The predicted octanol–water partition coefficient (Wildman–Crippen LogP) is 2.16. The highest BCUT2D eigenvalue weighted by atomic mass is 35.5. The second-order valence-electron chi connectivity index (χ2n) is 4.26. The first-order valence-corrected chi connectivity index (χ1v) is 6.29. The quantitative estimate of drug-likeness (QED) is 0.681. The van der Waals surface area contributed by atoms with Crippen LogP contribution < -0.4 is 5.32 Å². The Morgan fingerprint density at radius 1 is 1.42 bits per heavy atom. The summed E-state index contributed by atoms with van der Waals surface area (Å²) in [5.74, 6) is -0.388. The van der Waals surface area contributed by atoms with Gasteiger partial charge < -0.3 is 10.1 Å². The van der Waals surface area contributed by atoms with Crippen molar-refractivity contribution < 1.29 is 14.5 Å². The molecule has 0 aromatic heterocycles. The molecule has 1 N–H and O–H groups in total. The van der Waals surface area contributed by atoms with Crippen molar-refractivity contribution >= 4 is 23.2 Å². The van der Waals surface area contributed by atoms with E-state index in [0.29, 0.717) is 13.2 Å². The molecule has 0 unspecified atom stereocenters. The maximum atomic E-state index is 12.0. The van der Waals surface area contributed by atoms with Crippen molar-refractivity contribution in [3.05, 3.63) is 38.9 Å². The standard InChI is InChI=1S/C12H13ClN2O4/c13-11-9(2-1-3-10(11)15(17)18)12(16)14-8-4-6-19-7-5-8/h1-3,8H,4-7H2,(H,14,16). The largest absolute Gasteiger partial charge is 0.381 e. The van der Waals surface area contributed by atoms with Crippen LogP contribution in [0.4, 0.5) is 5.69 Å². The first-order valence-electron chi connectivity index (χ1n) is 5.91. The molecule has 1 amide bonds. The molecule has 102 valence electrons. The van der Waals surface area contributed by atoms with E-state index >= 15 is 0 Å². The molecule has 1 heterocycles. The van der Waals surface area contributed by atoms with Crippen molar-refractivity contribution in [2.45, 2.75) is 18.9 Å². The molecule has 1 aromatic carbocycles. The van der Waals surface area contributed by atoms with Crippen LogP contribution >= 0.6 is 11.6 Å². The Bertz CT molecular complexity index is 501. The Labute approximate surface area is 114 Å². The van der Waals surface area contributed by atoms with Gasteiger partial charge in [-0.2, -0.15) is 0 Å². The lowest BCUT2D eigenvalue weighted by Crippen LogP contribution is -2.39. The van der Waals surface area contributed by atoms with Gasteiger partial charge in [0.05, 0.1) is 10.5 Å². The second kappa shape index (κ2) is 5.99. The number of hydrogen-bond acceptors (Lipinski definition) is 4. The van der Waals surface area contributed by atoms with Crippen molar-refractivity contribution in [1.82, 2.24) is 5.32 Å². The zero-order chi connectivity index (χ0) is 13.8. The minimum Gasteiger partial charge on any atom is -0.381 e. The molecule has 1 aromatic rings. The molecule has 7 heteroatoms. The molecular formula is C12H13ClN2O4. The molecule has 0 radical (unpaired) electrons. The maximum Gasteiger partial charge on any atom is 0.288 e. The van der Waals surface area contributed by atoms with Crippen LogP contribution in [0.3, 0.4) is 0 Å². The van der Waals surface area contributed by atoms with Gasteiger partial charge in [0.15, 0.2) is 0 Å². The SMILES string of the molecule is O=C(NC1CCOCC1)c1cccc([N+](=O)[O-])c1Cl. The monoisotopic (exact) mass is 284 g/mol. The predicted molar refractivity (Wildman–Crippen MR) is 69.4 cm³/mol. The Kier molecular flexibility index (Phi) is 4.34. The van der Waals surface area contributed by atoms with Gasteiger partial charge in [0, 0.05) is 25.3 Å². The summed E-state index contributed by atoms with van der Waals surface area (Å²) in [7, 11) is 0. The first-order chi connectivity index (χ1) is 9.09. The van der Waals surface area contributed by atoms with Crippen LogP contribution in [0, 0.1) is 10.1 Å². The Morgan fingerprint density at radius 3 is 2.74 bits per heavy atom. The summed E-state index contributed by atoms with van der Waals surface area (Å²) in [6, 6.07) is 4.22. The third-order valence-electron chi connectivity index (χ3n) is 2.98. The molecule has 0 spiro atoms. The third-order valence-corrected chi connectivity index (χ3v) is 3.37. The summed E-state index contributed by atoms with van der Waals surface area (Å²) in [5.41, 5.74) is -0.136. The summed E-state index contributed by atoms with van der Waals surface area (Å²) in [5, 5.41) is 13.4. The van der Waals surface area contributed by atoms with Gasteiger partial charge >= 0.3 is 0 Å². The van der Waals surface area contributed by atoms with Crippen molar-refractivity contribution in [2.75, 3.05) is 13.2 Å². The fourth-order valence-electron chi connectivity index (χ4n) is 1.94. The Balaban J connectivity index is 2.14. The lowest BCUT2D eigenvalue weighted by atomic mass is 10.1. The second-order valence-corrected chi connectivity index (χ2v) is 4.63. The zero-order valence-corrected chi connectivity index (χ0v) is 10.9.